The second-order valence-corrected chi connectivity index (χ2v) is 5.20. The zero-order chi connectivity index (χ0) is 13.0. The SMILES string of the molecule is CC(C)(C)C1(O)C(=O)Nc2c1ccc(F)c2F. The zero-order valence-electron chi connectivity index (χ0n) is 9.77. The number of hydrogen-bond donors (Lipinski definition) is 2. The molecule has 1 unspecified atom stereocenters. The van der Waals surface area contributed by atoms with Crippen molar-refractivity contribution in [1.29, 1.82) is 0 Å². The van der Waals surface area contributed by atoms with Crippen molar-refractivity contribution in [1.82, 2.24) is 0 Å². The summed E-state index contributed by atoms with van der Waals surface area (Å²) in [5.41, 5.74) is -2.87. The molecule has 2 N–H and O–H groups in total. The van der Waals surface area contributed by atoms with Crippen LogP contribution in [0.4, 0.5) is 14.5 Å². The van der Waals surface area contributed by atoms with E-state index in [-0.39, 0.29) is 11.3 Å². The number of carbonyl (C=O) groups excluding carboxylic acids is 1. The monoisotopic (exact) mass is 241 g/mol. The summed E-state index contributed by atoms with van der Waals surface area (Å²) < 4.78 is 26.5. The number of carbonyl (C=O) groups is 1. The van der Waals surface area contributed by atoms with Gasteiger partial charge in [-0.05, 0) is 6.07 Å². The number of fused-ring (bicyclic) bond motifs is 1. The fraction of sp³-hybridized carbons (Fsp3) is 0.417. The molecule has 1 aliphatic rings. The van der Waals surface area contributed by atoms with Gasteiger partial charge in [-0.25, -0.2) is 8.78 Å². The maximum Gasteiger partial charge on any atom is 0.261 e. The molecule has 0 spiro atoms. The van der Waals surface area contributed by atoms with Crippen LogP contribution in [0.15, 0.2) is 12.1 Å². The van der Waals surface area contributed by atoms with Crippen LogP contribution in [0.1, 0.15) is 26.3 Å². The Bertz CT molecular complexity index is 508. The quantitative estimate of drug-likeness (QED) is 0.731. The minimum Gasteiger partial charge on any atom is -0.375 e. The molecule has 92 valence electrons. The first-order valence-corrected chi connectivity index (χ1v) is 5.22. The van der Waals surface area contributed by atoms with Crippen LogP contribution in [0, 0.1) is 17.0 Å². The molecule has 0 aromatic heterocycles. The smallest absolute Gasteiger partial charge is 0.261 e. The minimum absolute atomic E-state index is 0.0777. The molecule has 0 bridgehead atoms. The van der Waals surface area contributed by atoms with E-state index in [9.17, 15) is 18.7 Å². The fourth-order valence-corrected chi connectivity index (χ4v) is 2.05. The van der Waals surface area contributed by atoms with Gasteiger partial charge in [-0.15, -0.1) is 0 Å². The Labute approximate surface area is 97.5 Å². The standard InChI is InChI=1S/C12H13F2NO2/c1-11(2,3)12(17)6-4-5-7(13)8(14)9(6)15-10(12)16/h4-5,17H,1-3H3,(H,15,16). The summed E-state index contributed by atoms with van der Waals surface area (Å²) in [5.74, 6) is -2.93. The third-order valence-electron chi connectivity index (χ3n) is 3.14. The fourth-order valence-electron chi connectivity index (χ4n) is 2.05. The van der Waals surface area contributed by atoms with Crippen LogP contribution in [0.2, 0.25) is 0 Å². The van der Waals surface area contributed by atoms with Crippen molar-refractivity contribution in [3.63, 3.8) is 0 Å². The third kappa shape index (κ3) is 1.38. The van der Waals surface area contributed by atoms with Gasteiger partial charge in [0.2, 0.25) is 0 Å². The number of amides is 1. The average Bonchev–Trinajstić information content (AvgIpc) is 2.47. The molecule has 5 heteroatoms. The van der Waals surface area contributed by atoms with E-state index in [1.54, 1.807) is 20.8 Å². The predicted octanol–water partition coefficient (Wildman–Crippen LogP) is 2.15. The lowest BCUT2D eigenvalue weighted by Crippen LogP contribution is -2.45. The summed E-state index contributed by atoms with van der Waals surface area (Å²) in [4.78, 5) is 11.8. The molecule has 0 fully saturated rings. The normalized spacial score (nSPS) is 23.5. The molecular weight excluding hydrogens is 228 g/mol. The highest BCUT2D eigenvalue weighted by Gasteiger charge is 2.54. The van der Waals surface area contributed by atoms with Crippen molar-refractivity contribution < 1.29 is 18.7 Å². The number of rotatable bonds is 0. The number of halogens is 2. The summed E-state index contributed by atoms with van der Waals surface area (Å²) >= 11 is 0. The van der Waals surface area contributed by atoms with Crippen molar-refractivity contribution in [2.75, 3.05) is 5.32 Å². The molecule has 1 atom stereocenters. The molecule has 3 nitrogen and oxygen atoms in total. The second-order valence-electron chi connectivity index (χ2n) is 5.20. The molecule has 1 heterocycles. The second kappa shape index (κ2) is 3.26. The summed E-state index contributed by atoms with van der Waals surface area (Å²) in [6, 6.07) is 2.14. The Hall–Kier alpha value is -1.49. The number of nitrogens with one attached hydrogen (secondary N) is 1. The van der Waals surface area contributed by atoms with Crippen molar-refractivity contribution in [3.05, 3.63) is 29.3 Å². The maximum atomic E-state index is 13.5. The van der Waals surface area contributed by atoms with Gasteiger partial charge >= 0.3 is 0 Å². The third-order valence-corrected chi connectivity index (χ3v) is 3.14. The van der Waals surface area contributed by atoms with Crippen LogP contribution in [-0.4, -0.2) is 11.0 Å². The molecule has 1 aromatic rings. The van der Waals surface area contributed by atoms with E-state index in [4.69, 9.17) is 0 Å². The number of aliphatic hydroxyl groups is 1. The topological polar surface area (TPSA) is 49.3 Å². The lowest BCUT2D eigenvalue weighted by Gasteiger charge is -2.34. The van der Waals surface area contributed by atoms with Crippen molar-refractivity contribution >= 4 is 11.6 Å². The Kier molecular flexibility index (Phi) is 2.30. The van der Waals surface area contributed by atoms with Gasteiger partial charge in [0.05, 0.1) is 5.69 Å². The van der Waals surface area contributed by atoms with Crippen molar-refractivity contribution in [2.24, 2.45) is 5.41 Å². The lowest BCUT2D eigenvalue weighted by molar-refractivity contribution is -0.146. The largest absolute Gasteiger partial charge is 0.375 e. The Morgan fingerprint density at radius 3 is 2.41 bits per heavy atom. The van der Waals surface area contributed by atoms with Crippen LogP contribution >= 0.6 is 0 Å². The summed E-state index contributed by atoms with van der Waals surface area (Å²) in [5, 5.41) is 12.7. The lowest BCUT2D eigenvalue weighted by atomic mass is 9.73. The van der Waals surface area contributed by atoms with Gasteiger partial charge in [0.15, 0.2) is 17.2 Å². The van der Waals surface area contributed by atoms with Gasteiger partial charge in [-0.2, -0.15) is 0 Å². The van der Waals surface area contributed by atoms with E-state index in [2.05, 4.69) is 5.32 Å². The summed E-state index contributed by atoms with van der Waals surface area (Å²) in [6.07, 6.45) is 0. The van der Waals surface area contributed by atoms with Crippen molar-refractivity contribution in [3.8, 4) is 0 Å². The van der Waals surface area contributed by atoms with E-state index >= 15 is 0 Å². The van der Waals surface area contributed by atoms with Crippen molar-refractivity contribution in [2.45, 2.75) is 26.4 Å². The number of hydrogen-bond acceptors (Lipinski definition) is 2. The highest BCUT2D eigenvalue weighted by atomic mass is 19.2. The van der Waals surface area contributed by atoms with Gasteiger partial charge in [0.1, 0.15) is 0 Å². The molecule has 0 radical (unpaired) electrons. The highest BCUT2D eigenvalue weighted by molar-refractivity contribution is 6.05. The molecule has 17 heavy (non-hydrogen) atoms. The van der Waals surface area contributed by atoms with E-state index in [1.165, 1.54) is 6.07 Å². The molecule has 1 amide bonds. The molecule has 0 saturated heterocycles. The number of anilines is 1. The molecule has 2 rings (SSSR count). The number of benzene rings is 1. The Morgan fingerprint density at radius 2 is 1.88 bits per heavy atom. The molecule has 0 aliphatic carbocycles. The first-order valence-electron chi connectivity index (χ1n) is 5.22. The Balaban J connectivity index is 2.72. The van der Waals surface area contributed by atoms with E-state index in [0.717, 1.165) is 6.07 Å². The Morgan fingerprint density at radius 1 is 1.29 bits per heavy atom. The average molecular weight is 241 g/mol. The molecule has 1 aliphatic heterocycles. The van der Waals surface area contributed by atoms with Crippen LogP contribution in [0.5, 0.6) is 0 Å². The van der Waals surface area contributed by atoms with E-state index < -0.39 is 28.6 Å². The van der Waals surface area contributed by atoms with Crippen LogP contribution in [0.25, 0.3) is 0 Å². The zero-order valence-corrected chi connectivity index (χ0v) is 9.77. The van der Waals surface area contributed by atoms with Gasteiger partial charge < -0.3 is 10.4 Å². The molecular formula is C12H13F2NO2. The first-order chi connectivity index (χ1) is 7.69. The van der Waals surface area contributed by atoms with Gasteiger partial charge in [-0.3, -0.25) is 4.79 Å². The van der Waals surface area contributed by atoms with Crippen LogP contribution in [0.3, 0.4) is 0 Å². The van der Waals surface area contributed by atoms with Crippen LogP contribution in [-0.2, 0) is 10.4 Å². The van der Waals surface area contributed by atoms with Gasteiger partial charge in [0.25, 0.3) is 5.91 Å². The maximum absolute atomic E-state index is 13.5. The molecule has 1 aromatic carbocycles. The first kappa shape index (κ1) is 12.0. The van der Waals surface area contributed by atoms with E-state index in [0.29, 0.717) is 0 Å². The van der Waals surface area contributed by atoms with Crippen LogP contribution < -0.4 is 5.32 Å². The highest BCUT2D eigenvalue weighted by Crippen LogP contribution is 2.48. The summed E-state index contributed by atoms with van der Waals surface area (Å²) in [7, 11) is 0. The van der Waals surface area contributed by atoms with Gasteiger partial charge in [-0.1, -0.05) is 26.8 Å². The molecule has 0 saturated carbocycles. The minimum atomic E-state index is -1.85. The van der Waals surface area contributed by atoms with Gasteiger partial charge in [0, 0.05) is 11.0 Å². The summed E-state index contributed by atoms with van der Waals surface area (Å²) in [6.45, 7) is 4.97. The predicted molar refractivity (Wildman–Crippen MR) is 58.3 cm³/mol. The van der Waals surface area contributed by atoms with E-state index in [1.807, 2.05) is 0 Å².